The molecular formula is C13H19N3O3. The van der Waals surface area contributed by atoms with Crippen molar-refractivity contribution in [2.45, 2.75) is 12.1 Å². The highest BCUT2D eigenvalue weighted by molar-refractivity contribution is 5.82. The number of benzene rings is 1. The topological polar surface area (TPSA) is 87.8 Å². The highest BCUT2D eigenvalue weighted by Crippen LogP contribution is 2.24. The van der Waals surface area contributed by atoms with Crippen LogP contribution in [-0.2, 0) is 9.53 Å². The highest BCUT2D eigenvalue weighted by atomic mass is 16.5. The summed E-state index contributed by atoms with van der Waals surface area (Å²) in [5, 5.41) is 9.43. The fourth-order valence-corrected chi connectivity index (χ4v) is 2.37. The van der Waals surface area contributed by atoms with Crippen LogP contribution in [0.15, 0.2) is 30.3 Å². The van der Waals surface area contributed by atoms with Crippen molar-refractivity contribution in [3.05, 3.63) is 35.9 Å². The first-order chi connectivity index (χ1) is 9.27. The Kier molecular flexibility index (Phi) is 4.86. The number of nitrogens with two attached hydrogens (primary N) is 1. The summed E-state index contributed by atoms with van der Waals surface area (Å²) in [5.41, 5.74) is 3.06. The zero-order chi connectivity index (χ0) is 13.7. The Labute approximate surface area is 112 Å². The van der Waals surface area contributed by atoms with Gasteiger partial charge in [0.15, 0.2) is 0 Å². The number of carbonyl (C=O) groups is 1. The van der Waals surface area contributed by atoms with E-state index in [2.05, 4.69) is 5.43 Å². The predicted octanol–water partition coefficient (Wildman–Crippen LogP) is -0.589. The van der Waals surface area contributed by atoms with Gasteiger partial charge in [-0.3, -0.25) is 15.1 Å². The predicted molar refractivity (Wildman–Crippen MR) is 69.9 cm³/mol. The summed E-state index contributed by atoms with van der Waals surface area (Å²) >= 11 is 0. The molecule has 0 aromatic heterocycles. The van der Waals surface area contributed by atoms with Crippen LogP contribution in [0.3, 0.4) is 0 Å². The molecule has 0 spiro atoms. The zero-order valence-corrected chi connectivity index (χ0v) is 10.7. The molecule has 2 unspecified atom stereocenters. The lowest BCUT2D eigenvalue weighted by molar-refractivity contribution is -0.132. The van der Waals surface area contributed by atoms with Crippen LogP contribution in [0.5, 0.6) is 0 Å². The smallest absolute Gasteiger partial charge is 0.255 e. The van der Waals surface area contributed by atoms with E-state index in [1.54, 1.807) is 0 Å². The average molecular weight is 265 g/mol. The van der Waals surface area contributed by atoms with Gasteiger partial charge in [0, 0.05) is 6.54 Å². The summed E-state index contributed by atoms with van der Waals surface area (Å²) in [6.07, 6.45) is 0. The van der Waals surface area contributed by atoms with E-state index in [4.69, 9.17) is 10.6 Å². The minimum absolute atomic E-state index is 0.0544. The molecule has 2 rings (SSSR count). The van der Waals surface area contributed by atoms with Gasteiger partial charge < -0.3 is 9.84 Å². The first kappa shape index (κ1) is 14.0. The Bertz CT molecular complexity index is 413. The summed E-state index contributed by atoms with van der Waals surface area (Å²) in [6, 6.07) is 8.70. The van der Waals surface area contributed by atoms with Crippen LogP contribution in [0.25, 0.3) is 0 Å². The number of ether oxygens (including phenoxy) is 1. The van der Waals surface area contributed by atoms with Crippen molar-refractivity contribution in [1.82, 2.24) is 10.3 Å². The van der Waals surface area contributed by atoms with Crippen molar-refractivity contribution < 1.29 is 14.6 Å². The number of rotatable bonds is 4. The van der Waals surface area contributed by atoms with Gasteiger partial charge in [-0.15, -0.1) is 0 Å². The Balaban J connectivity index is 2.29. The quantitative estimate of drug-likeness (QED) is 0.385. The van der Waals surface area contributed by atoms with Crippen LogP contribution < -0.4 is 11.3 Å². The number of carbonyl (C=O) groups excluding carboxylic acids is 1. The molecule has 0 aliphatic carbocycles. The average Bonchev–Trinajstić information content (AvgIpc) is 2.49. The molecule has 1 aromatic rings. The van der Waals surface area contributed by atoms with Crippen LogP contribution in [0.4, 0.5) is 0 Å². The third-order valence-electron chi connectivity index (χ3n) is 3.32. The van der Waals surface area contributed by atoms with Crippen LogP contribution in [0.2, 0.25) is 0 Å². The second-order valence-electron chi connectivity index (χ2n) is 4.47. The monoisotopic (exact) mass is 265 g/mol. The van der Waals surface area contributed by atoms with E-state index in [1.165, 1.54) is 0 Å². The van der Waals surface area contributed by atoms with E-state index >= 15 is 0 Å². The molecule has 6 nitrogen and oxygen atoms in total. The van der Waals surface area contributed by atoms with Crippen molar-refractivity contribution in [2.75, 3.05) is 26.4 Å². The first-order valence-electron chi connectivity index (χ1n) is 6.27. The second-order valence-corrected chi connectivity index (χ2v) is 4.47. The summed E-state index contributed by atoms with van der Waals surface area (Å²) in [5.74, 6) is 5.00. The molecule has 2 atom stereocenters. The van der Waals surface area contributed by atoms with Gasteiger partial charge in [-0.25, -0.2) is 5.84 Å². The summed E-state index contributed by atoms with van der Waals surface area (Å²) in [4.78, 5) is 14.0. The molecule has 1 amide bonds. The van der Waals surface area contributed by atoms with Gasteiger partial charge in [0.1, 0.15) is 6.04 Å². The van der Waals surface area contributed by atoms with Crippen molar-refractivity contribution in [3.8, 4) is 0 Å². The second kappa shape index (κ2) is 6.63. The number of aliphatic hydroxyl groups excluding tert-OH is 1. The van der Waals surface area contributed by atoms with Crippen molar-refractivity contribution in [3.63, 3.8) is 0 Å². The Hall–Kier alpha value is -1.47. The van der Waals surface area contributed by atoms with E-state index in [0.29, 0.717) is 19.8 Å². The highest BCUT2D eigenvalue weighted by Gasteiger charge is 2.34. The van der Waals surface area contributed by atoms with Crippen molar-refractivity contribution in [1.29, 1.82) is 0 Å². The van der Waals surface area contributed by atoms with Gasteiger partial charge >= 0.3 is 0 Å². The molecule has 4 N–H and O–H groups in total. The van der Waals surface area contributed by atoms with Gasteiger partial charge in [-0.05, 0) is 5.56 Å². The maximum atomic E-state index is 12.1. The maximum absolute atomic E-state index is 12.1. The molecule has 1 aromatic carbocycles. The molecule has 1 heterocycles. The molecule has 1 aliphatic heterocycles. The van der Waals surface area contributed by atoms with E-state index in [1.807, 2.05) is 35.2 Å². The molecule has 6 heteroatoms. The Morgan fingerprint density at radius 3 is 2.89 bits per heavy atom. The molecule has 19 heavy (non-hydrogen) atoms. The number of nitrogens with one attached hydrogen (secondary N) is 1. The van der Waals surface area contributed by atoms with Gasteiger partial charge in [-0.2, -0.15) is 0 Å². The maximum Gasteiger partial charge on any atom is 0.255 e. The van der Waals surface area contributed by atoms with Crippen LogP contribution >= 0.6 is 0 Å². The molecule has 1 saturated heterocycles. The van der Waals surface area contributed by atoms with Crippen molar-refractivity contribution >= 4 is 5.91 Å². The standard InChI is InChI=1S/C13H19N3O3/c14-15-13(18)12(10-4-2-1-3-5-10)16-6-7-19-9-11(16)8-17/h1-5,11-12,17H,6-9,14H2,(H,15,18). The molecule has 0 bridgehead atoms. The van der Waals surface area contributed by atoms with Gasteiger partial charge in [0.25, 0.3) is 5.91 Å². The van der Waals surface area contributed by atoms with Gasteiger partial charge in [0.05, 0.1) is 25.9 Å². The number of hydrogen-bond acceptors (Lipinski definition) is 5. The van der Waals surface area contributed by atoms with Gasteiger partial charge in [0.2, 0.25) is 0 Å². The third kappa shape index (κ3) is 3.10. The number of nitrogens with zero attached hydrogens (tertiary/aromatic N) is 1. The summed E-state index contributed by atoms with van der Waals surface area (Å²) in [7, 11) is 0. The van der Waals surface area contributed by atoms with E-state index < -0.39 is 6.04 Å². The molecule has 0 radical (unpaired) electrons. The number of amides is 1. The molecule has 0 saturated carbocycles. The van der Waals surface area contributed by atoms with E-state index in [-0.39, 0.29) is 18.6 Å². The Morgan fingerprint density at radius 1 is 1.53 bits per heavy atom. The molecule has 104 valence electrons. The SMILES string of the molecule is NNC(=O)C(c1ccccc1)N1CCOCC1CO. The van der Waals surface area contributed by atoms with Crippen molar-refractivity contribution in [2.24, 2.45) is 5.84 Å². The minimum Gasteiger partial charge on any atom is -0.395 e. The Morgan fingerprint density at radius 2 is 2.26 bits per heavy atom. The first-order valence-corrected chi connectivity index (χ1v) is 6.27. The minimum atomic E-state index is -0.507. The fraction of sp³-hybridized carbons (Fsp3) is 0.462. The lowest BCUT2D eigenvalue weighted by atomic mass is 10.0. The lowest BCUT2D eigenvalue weighted by Crippen LogP contribution is -2.53. The number of hydrogen-bond donors (Lipinski definition) is 3. The molecular weight excluding hydrogens is 246 g/mol. The zero-order valence-electron chi connectivity index (χ0n) is 10.7. The van der Waals surface area contributed by atoms with Crippen LogP contribution in [0, 0.1) is 0 Å². The van der Waals surface area contributed by atoms with Gasteiger partial charge in [-0.1, -0.05) is 30.3 Å². The lowest BCUT2D eigenvalue weighted by Gasteiger charge is -2.39. The fourth-order valence-electron chi connectivity index (χ4n) is 2.37. The van der Waals surface area contributed by atoms with E-state index in [0.717, 1.165) is 5.56 Å². The summed E-state index contributed by atoms with van der Waals surface area (Å²) in [6.45, 7) is 1.48. The van der Waals surface area contributed by atoms with Crippen LogP contribution in [-0.4, -0.2) is 48.3 Å². The normalized spacial score (nSPS) is 21.9. The number of morpholine rings is 1. The largest absolute Gasteiger partial charge is 0.395 e. The molecule has 1 aliphatic rings. The molecule has 1 fully saturated rings. The third-order valence-corrected chi connectivity index (χ3v) is 3.32. The number of hydrazine groups is 1. The van der Waals surface area contributed by atoms with E-state index in [9.17, 15) is 9.90 Å². The van der Waals surface area contributed by atoms with Crippen LogP contribution in [0.1, 0.15) is 11.6 Å². The summed E-state index contributed by atoms with van der Waals surface area (Å²) < 4.78 is 5.34. The number of aliphatic hydroxyl groups is 1.